The van der Waals surface area contributed by atoms with Crippen molar-refractivity contribution in [1.29, 1.82) is 0 Å². The highest BCUT2D eigenvalue weighted by atomic mass is 32.2. The first-order valence-corrected chi connectivity index (χ1v) is 9.58. The molecule has 0 unspecified atom stereocenters. The molecular weight excluding hydrogens is 335 g/mol. The molecule has 24 heavy (non-hydrogen) atoms. The second-order valence-electron chi connectivity index (χ2n) is 6.35. The average Bonchev–Trinajstić information content (AvgIpc) is 3.08. The Kier molecular flexibility index (Phi) is 4.89. The molecule has 2 saturated heterocycles. The molecule has 0 saturated carbocycles. The molecule has 1 aromatic rings. The minimum Gasteiger partial charge on any atom is -0.480 e. The Morgan fingerprint density at radius 2 is 1.92 bits per heavy atom. The first kappa shape index (κ1) is 17.3. The van der Waals surface area contributed by atoms with Gasteiger partial charge in [0.25, 0.3) is 0 Å². The standard InChI is InChI=1S/C16H21FN2O4S/c17-12-4-3-5-14(10-12)24(22,23)19-9-6-13(11-15(19)16(20)21)18-7-1-2-8-18/h3-5,10,13,15H,1-2,6-9,11H2,(H,20,21)/t13-,15+/m0/s1. The summed E-state index contributed by atoms with van der Waals surface area (Å²) in [7, 11) is -4.03. The van der Waals surface area contributed by atoms with Gasteiger partial charge in [-0.2, -0.15) is 4.31 Å². The molecule has 0 aliphatic carbocycles. The van der Waals surface area contributed by atoms with E-state index in [2.05, 4.69) is 4.90 Å². The molecule has 2 heterocycles. The van der Waals surface area contributed by atoms with Gasteiger partial charge in [-0.3, -0.25) is 4.79 Å². The highest BCUT2D eigenvalue weighted by Crippen LogP contribution is 2.29. The number of likely N-dealkylation sites (tertiary alicyclic amines) is 1. The predicted octanol–water partition coefficient (Wildman–Crippen LogP) is 1.53. The normalized spacial score (nSPS) is 26.5. The average molecular weight is 356 g/mol. The van der Waals surface area contributed by atoms with Crippen LogP contribution in [0.2, 0.25) is 0 Å². The van der Waals surface area contributed by atoms with E-state index in [4.69, 9.17) is 0 Å². The van der Waals surface area contributed by atoms with E-state index in [0.29, 0.717) is 6.42 Å². The van der Waals surface area contributed by atoms with Crippen molar-refractivity contribution in [3.8, 4) is 0 Å². The van der Waals surface area contributed by atoms with E-state index in [1.807, 2.05) is 0 Å². The van der Waals surface area contributed by atoms with Crippen LogP contribution in [0.4, 0.5) is 4.39 Å². The van der Waals surface area contributed by atoms with Gasteiger partial charge in [-0.05, 0) is 57.0 Å². The van der Waals surface area contributed by atoms with Crippen LogP contribution in [0, 0.1) is 5.82 Å². The summed E-state index contributed by atoms with van der Waals surface area (Å²) in [6.45, 7) is 2.01. The number of rotatable bonds is 4. The Hall–Kier alpha value is -1.51. The third-order valence-electron chi connectivity index (χ3n) is 4.87. The number of sulfonamides is 1. The molecule has 132 valence electrons. The molecule has 1 aromatic carbocycles. The summed E-state index contributed by atoms with van der Waals surface area (Å²) < 4.78 is 39.9. The largest absolute Gasteiger partial charge is 0.480 e. The van der Waals surface area contributed by atoms with Crippen molar-refractivity contribution in [2.75, 3.05) is 19.6 Å². The number of carbonyl (C=O) groups is 1. The SMILES string of the molecule is O=C(O)[C@H]1C[C@@H](N2CCCC2)CCN1S(=O)(=O)c1cccc(F)c1. The molecule has 0 bridgehead atoms. The Labute approximate surface area is 140 Å². The fraction of sp³-hybridized carbons (Fsp3) is 0.562. The van der Waals surface area contributed by atoms with Gasteiger partial charge in [0.15, 0.2) is 0 Å². The highest BCUT2D eigenvalue weighted by molar-refractivity contribution is 7.89. The monoisotopic (exact) mass is 356 g/mol. The number of halogens is 1. The zero-order chi connectivity index (χ0) is 17.3. The smallest absolute Gasteiger partial charge is 0.322 e. The van der Waals surface area contributed by atoms with Gasteiger partial charge in [0.2, 0.25) is 10.0 Å². The molecule has 3 rings (SSSR count). The topological polar surface area (TPSA) is 77.9 Å². The van der Waals surface area contributed by atoms with Crippen molar-refractivity contribution in [2.45, 2.75) is 42.7 Å². The number of aliphatic carboxylic acids is 1. The van der Waals surface area contributed by atoms with Crippen molar-refractivity contribution in [1.82, 2.24) is 9.21 Å². The number of hydrogen-bond donors (Lipinski definition) is 1. The Morgan fingerprint density at radius 3 is 2.54 bits per heavy atom. The van der Waals surface area contributed by atoms with Gasteiger partial charge in [-0.15, -0.1) is 0 Å². The number of benzene rings is 1. The molecule has 2 aliphatic heterocycles. The number of piperidine rings is 1. The maximum absolute atomic E-state index is 13.4. The lowest BCUT2D eigenvalue weighted by atomic mass is 9.98. The first-order valence-electron chi connectivity index (χ1n) is 8.14. The Morgan fingerprint density at radius 1 is 1.21 bits per heavy atom. The third kappa shape index (κ3) is 3.31. The van der Waals surface area contributed by atoms with Crippen LogP contribution in [0.3, 0.4) is 0 Å². The van der Waals surface area contributed by atoms with E-state index < -0.39 is 27.9 Å². The van der Waals surface area contributed by atoms with E-state index in [1.165, 1.54) is 12.1 Å². The van der Waals surface area contributed by atoms with Gasteiger partial charge in [-0.25, -0.2) is 12.8 Å². The predicted molar refractivity (Wildman–Crippen MR) is 85.5 cm³/mol. The highest BCUT2D eigenvalue weighted by Gasteiger charge is 2.42. The van der Waals surface area contributed by atoms with Crippen LogP contribution in [0.5, 0.6) is 0 Å². The molecule has 1 N–H and O–H groups in total. The minimum atomic E-state index is -4.03. The fourth-order valence-electron chi connectivity index (χ4n) is 3.64. The summed E-state index contributed by atoms with van der Waals surface area (Å²) in [6.07, 6.45) is 3.06. The number of hydrogen-bond acceptors (Lipinski definition) is 4. The van der Waals surface area contributed by atoms with E-state index in [-0.39, 0.29) is 23.9 Å². The van der Waals surface area contributed by atoms with Gasteiger partial charge in [0, 0.05) is 12.6 Å². The van der Waals surface area contributed by atoms with Crippen LogP contribution in [-0.4, -0.2) is 60.4 Å². The summed E-state index contributed by atoms with van der Waals surface area (Å²) in [5.74, 6) is -1.81. The van der Waals surface area contributed by atoms with Crippen LogP contribution in [0.15, 0.2) is 29.2 Å². The van der Waals surface area contributed by atoms with E-state index >= 15 is 0 Å². The van der Waals surface area contributed by atoms with Gasteiger partial charge < -0.3 is 10.0 Å². The van der Waals surface area contributed by atoms with Crippen molar-refractivity contribution in [2.24, 2.45) is 0 Å². The van der Waals surface area contributed by atoms with Crippen molar-refractivity contribution in [3.05, 3.63) is 30.1 Å². The lowest BCUT2D eigenvalue weighted by molar-refractivity contribution is -0.143. The maximum Gasteiger partial charge on any atom is 0.322 e. The Balaban J connectivity index is 1.85. The second-order valence-corrected chi connectivity index (χ2v) is 8.24. The third-order valence-corrected chi connectivity index (χ3v) is 6.77. The fourth-order valence-corrected chi connectivity index (χ4v) is 5.28. The second kappa shape index (κ2) is 6.78. The summed E-state index contributed by atoms with van der Waals surface area (Å²) in [5.41, 5.74) is 0. The molecule has 0 radical (unpaired) electrons. The Bertz CT molecular complexity index is 719. The van der Waals surface area contributed by atoms with Crippen molar-refractivity contribution >= 4 is 16.0 Å². The van der Waals surface area contributed by atoms with Crippen molar-refractivity contribution in [3.63, 3.8) is 0 Å². The first-order chi connectivity index (χ1) is 11.4. The van der Waals surface area contributed by atoms with Gasteiger partial charge in [0.05, 0.1) is 4.90 Å². The van der Waals surface area contributed by atoms with E-state index in [0.717, 1.165) is 42.4 Å². The van der Waals surface area contributed by atoms with E-state index in [9.17, 15) is 22.7 Å². The van der Waals surface area contributed by atoms with Crippen LogP contribution >= 0.6 is 0 Å². The zero-order valence-electron chi connectivity index (χ0n) is 13.3. The minimum absolute atomic E-state index is 0.0903. The lowest BCUT2D eigenvalue weighted by Crippen LogP contribution is -2.54. The lowest BCUT2D eigenvalue weighted by Gasteiger charge is -2.39. The molecular formula is C16H21FN2O4S. The molecule has 2 fully saturated rings. The van der Waals surface area contributed by atoms with Crippen LogP contribution < -0.4 is 0 Å². The number of carboxylic acids is 1. The van der Waals surface area contributed by atoms with Crippen LogP contribution in [-0.2, 0) is 14.8 Å². The number of carboxylic acid groups (broad SMARTS) is 1. The quantitative estimate of drug-likeness (QED) is 0.885. The van der Waals surface area contributed by atoms with Gasteiger partial charge >= 0.3 is 5.97 Å². The van der Waals surface area contributed by atoms with Gasteiger partial charge in [-0.1, -0.05) is 6.07 Å². The number of nitrogens with zero attached hydrogens (tertiary/aromatic N) is 2. The molecule has 2 atom stereocenters. The summed E-state index contributed by atoms with van der Waals surface area (Å²) in [4.78, 5) is 13.7. The van der Waals surface area contributed by atoms with E-state index in [1.54, 1.807) is 0 Å². The summed E-state index contributed by atoms with van der Waals surface area (Å²) in [5, 5.41) is 9.54. The summed E-state index contributed by atoms with van der Waals surface area (Å²) in [6, 6.07) is 3.68. The van der Waals surface area contributed by atoms with Crippen LogP contribution in [0.1, 0.15) is 25.7 Å². The molecule has 2 aliphatic rings. The summed E-state index contributed by atoms with van der Waals surface area (Å²) >= 11 is 0. The maximum atomic E-state index is 13.4. The molecule has 0 spiro atoms. The molecule has 0 aromatic heterocycles. The zero-order valence-corrected chi connectivity index (χ0v) is 14.1. The molecule has 0 amide bonds. The van der Waals surface area contributed by atoms with Crippen molar-refractivity contribution < 1.29 is 22.7 Å². The van der Waals surface area contributed by atoms with Crippen LogP contribution in [0.25, 0.3) is 0 Å². The molecule has 8 heteroatoms. The molecule has 6 nitrogen and oxygen atoms in total. The van der Waals surface area contributed by atoms with Gasteiger partial charge in [0.1, 0.15) is 11.9 Å².